The smallest absolute Gasteiger partial charge is 0.222 e. The minimum absolute atomic E-state index is 0.193. The molecule has 0 unspecified atom stereocenters. The molecule has 2 fully saturated rings. The molecular weight excluding hydrogens is 312 g/mol. The molecule has 1 amide bonds. The van der Waals surface area contributed by atoms with Crippen LogP contribution < -0.4 is 4.90 Å². The number of rotatable bonds is 4. The molecular formula is C20H28N4O. The molecule has 5 nitrogen and oxygen atoms in total. The minimum atomic E-state index is 0.193. The standard InChI is InChI=1S/C20H28N4O/c1-16(2)7-11-24-15-20(9-6-19(24)25)8-3-10-23(14-20)18-5-4-17(12-21)13-22-18/h4-5,13,16H,3,6-11,14-15H2,1-2H3/t20-/m0/s1. The molecule has 0 aromatic carbocycles. The van der Waals surface area contributed by atoms with Gasteiger partial charge in [0.1, 0.15) is 11.9 Å². The summed E-state index contributed by atoms with van der Waals surface area (Å²) in [5.41, 5.74) is 0.789. The number of nitriles is 1. The molecule has 2 aliphatic heterocycles. The number of nitrogens with zero attached hydrogens (tertiary/aromatic N) is 4. The molecule has 25 heavy (non-hydrogen) atoms. The van der Waals surface area contributed by atoms with E-state index in [0.29, 0.717) is 23.8 Å². The molecule has 1 atom stereocenters. The van der Waals surface area contributed by atoms with Gasteiger partial charge in [0.15, 0.2) is 0 Å². The van der Waals surface area contributed by atoms with Crippen LogP contribution in [0.25, 0.3) is 0 Å². The zero-order valence-electron chi connectivity index (χ0n) is 15.4. The number of pyridine rings is 1. The van der Waals surface area contributed by atoms with Crippen molar-refractivity contribution < 1.29 is 4.79 Å². The maximum Gasteiger partial charge on any atom is 0.222 e. The zero-order chi connectivity index (χ0) is 17.9. The highest BCUT2D eigenvalue weighted by Gasteiger charge is 2.41. The van der Waals surface area contributed by atoms with Gasteiger partial charge in [0.25, 0.3) is 0 Å². The van der Waals surface area contributed by atoms with Crippen molar-refractivity contribution in [1.82, 2.24) is 9.88 Å². The quantitative estimate of drug-likeness (QED) is 0.844. The predicted molar refractivity (Wildman–Crippen MR) is 98.1 cm³/mol. The molecule has 134 valence electrons. The average molecular weight is 340 g/mol. The SMILES string of the molecule is CC(C)CCN1C[C@@]2(CCCN(c3ccc(C#N)cn3)C2)CCC1=O. The summed E-state index contributed by atoms with van der Waals surface area (Å²) in [5.74, 6) is 1.89. The number of carbonyl (C=O) groups excluding carboxylic acids is 1. The molecule has 3 rings (SSSR count). The third-order valence-electron chi connectivity index (χ3n) is 5.59. The van der Waals surface area contributed by atoms with Gasteiger partial charge >= 0.3 is 0 Å². The molecule has 1 aromatic heterocycles. The summed E-state index contributed by atoms with van der Waals surface area (Å²) in [5, 5.41) is 8.94. The van der Waals surface area contributed by atoms with Crippen LogP contribution in [-0.4, -0.2) is 42.0 Å². The van der Waals surface area contributed by atoms with Crippen molar-refractivity contribution in [3.05, 3.63) is 23.9 Å². The summed E-state index contributed by atoms with van der Waals surface area (Å²) in [6.45, 7) is 8.14. The van der Waals surface area contributed by atoms with Crippen LogP contribution in [0.15, 0.2) is 18.3 Å². The summed E-state index contributed by atoms with van der Waals surface area (Å²) in [6.07, 6.45) is 6.70. The van der Waals surface area contributed by atoms with Crippen molar-refractivity contribution in [2.45, 2.75) is 46.0 Å². The fraction of sp³-hybridized carbons (Fsp3) is 0.650. The molecule has 0 bridgehead atoms. The summed E-state index contributed by atoms with van der Waals surface area (Å²) in [7, 11) is 0. The molecule has 2 aliphatic rings. The Labute approximate surface area is 150 Å². The van der Waals surface area contributed by atoms with E-state index >= 15 is 0 Å². The van der Waals surface area contributed by atoms with E-state index in [0.717, 1.165) is 51.3 Å². The molecule has 2 saturated heterocycles. The van der Waals surface area contributed by atoms with Gasteiger partial charge in [0.2, 0.25) is 5.91 Å². The zero-order valence-corrected chi connectivity index (χ0v) is 15.4. The van der Waals surface area contributed by atoms with Gasteiger partial charge < -0.3 is 9.80 Å². The summed E-state index contributed by atoms with van der Waals surface area (Å²) < 4.78 is 0. The van der Waals surface area contributed by atoms with Crippen molar-refractivity contribution in [3.8, 4) is 6.07 Å². The maximum atomic E-state index is 12.3. The molecule has 0 N–H and O–H groups in total. The Morgan fingerprint density at radius 3 is 2.84 bits per heavy atom. The first-order chi connectivity index (χ1) is 12.0. The number of anilines is 1. The maximum absolute atomic E-state index is 12.3. The van der Waals surface area contributed by atoms with Crippen LogP contribution in [0, 0.1) is 22.7 Å². The fourth-order valence-corrected chi connectivity index (χ4v) is 4.10. The van der Waals surface area contributed by atoms with Gasteiger partial charge in [-0.05, 0) is 43.7 Å². The number of likely N-dealkylation sites (tertiary alicyclic amines) is 1. The Morgan fingerprint density at radius 2 is 2.16 bits per heavy atom. The van der Waals surface area contributed by atoms with E-state index in [1.807, 2.05) is 12.1 Å². The summed E-state index contributed by atoms with van der Waals surface area (Å²) in [4.78, 5) is 21.2. The average Bonchev–Trinajstić information content (AvgIpc) is 2.63. The van der Waals surface area contributed by atoms with E-state index < -0.39 is 0 Å². The van der Waals surface area contributed by atoms with Crippen LogP contribution in [0.1, 0.15) is 51.5 Å². The van der Waals surface area contributed by atoms with E-state index in [1.54, 1.807) is 6.20 Å². The van der Waals surface area contributed by atoms with Gasteiger partial charge in [0.05, 0.1) is 5.56 Å². The molecule has 0 radical (unpaired) electrons. The monoisotopic (exact) mass is 340 g/mol. The number of carbonyl (C=O) groups is 1. The van der Waals surface area contributed by atoms with Crippen LogP contribution >= 0.6 is 0 Å². The van der Waals surface area contributed by atoms with Crippen LogP contribution in [0.4, 0.5) is 5.82 Å². The van der Waals surface area contributed by atoms with Gasteiger partial charge in [-0.25, -0.2) is 4.98 Å². The number of hydrogen-bond donors (Lipinski definition) is 0. The second kappa shape index (κ2) is 7.43. The Hall–Kier alpha value is -2.09. The van der Waals surface area contributed by atoms with Crippen molar-refractivity contribution in [1.29, 1.82) is 5.26 Å². The topological polar surface area (TPSA) is 60.2 Å². The molecule has 1 aromatic rings. The first-order valence-corrected chi connectivity index (χ1v) is 9.40. The van der Waals surface area contributed by atoms with Gasteiger partial charge in [-0.15, -0.1) is 0 Å². The first kappa shape index (κ1) is 17.7. The fourth-order valence-electron chi connectivity index (χ4n) is 4.10. The van der Waals surface area contributed by atoms with E-state index in [9.17, 15) is 4.79 Å². The van der Waals surface area contributed by atoms with Crippen molar-refractivity contribution in [2.75, 3.05) is 31.1 Å². The lowest BCUT2D eigenvalue weighted by Gasteiger charge is -2.48. The number of amides is 1. The Kier molecular flexibility index (Phi) is 5.27. The Balaban J connectivity index is 1.70. The largest absolute Gasteiger partial charge is 0.356 e. The molecule has 0 aliphatic carbocycles. The van der Waals surface area contributed by atoms with Gasteiger partial charge in [-0.1, -0.05) is 13.8 Å². The van der Waals surface area contributed by atoms with Crippen LogP contribution in [0.3, 0.4) is 0 Å². The molecule has 0 saturated carbocycles. The highest BCUT2D eigenvalue weighted by Crippen LogP contribution is 2.40. The van der Waals surface area contributed by atoms with Crippen molar-refractivity contribution in [3.63, 3.8) is 0 Å². The van der Waals surface area contributed by atoms with E-state index in [4.69, 9.17) is 5.26 Å². The normalized spacial score (nSPS) is 24.0. The number of piperidine rings is 2. The predicted octanol–water partition coefficient (Wildman–Crippen LogP) is 3.21. The van der Waals surface area contributed by atoms with Gasteiger partial charge in [0, 0.05) is 44.2 Å². The van der Waals surface area contributed by atoms with E-state index in [1.165, 1.54) is 6.42 Å². The second-order valence-corrected chi connectivity index (χ2v) is 8.04. The van der Waals surface area contributed by atoms with Crippen molar-refractivity contribution >= 4 is 11.7 Å². The van der Waals surface area contributed by atoms with Gasteiger partial charge in [-0.3, -0.25) is 4.79 Å². The minimum Gasteiger partial charge on any atom is -0.356 e. The highest BCUT2D eigenvalue weighted by atomic mass is 16.2. The molecule has 5 heteroatoms. The first-order valence-electron chi connectivity index (χ1n) is 9.40. The van der Waals surface area contributed by atoms with E-state index in [-0.39, 0.29) is 5.41 Å². The van der Waals surface area contributed by atoms with Crippen LogP contribution in [0.5, 0.6) is 0 Å². The lowest BCUT2D eigenvalue weighted by molar-refractivity contribution is -0.138. The van der Waals surface area contributed by atoms with E-state index in [2.05, 4.69) is 34.7 Å². The number of aromatic nitrogens is 1. The Morgan fingerprint density at radius 1 is 1.32 bits per heavy atom. The number of hydrogen-bond acceptors (Lipinski definition) is 4. The third-order valence-corrected chi connectivity index (χ3v) is 5.59. The van der Waals surface area contributed by atoms with Crippen LogP contribution in [-0.2, 0) is 4.79 Å². The lowest BCUT2D eigenvalue weighted by Crippen LogP contribution is -2.54. The van der Waals surface area contributed by atoms with Gasteiger partial charge in [-0.2, -0.15) is 5.26 Å². The summed E-state index contributed by atoms with van der Waals surface area (Å²) >= 11 is 0. The lowest BCUT2D eigenvalue weighted by atomic mass is 9.73. The second-order valence-electron chi connectivity index (χ2n) is 8.04. The highest BCUT2D eigenvalue weighted by molar-refractivity contribution is 5.77. The summed E-state index contributed by atoms with van der Waals surface area (Å²) in [6, 6.07) is 5.91. The molecule has 1 spiro atoms. The Bertz CT molecular complexity index is 649. The third kappa shape index (κ3) is 4.12. The molecule has 3 heterocycles. The van der Waals surface area contributed by atoms with Crippen molar-refractivity contribution in [2.24, 2.45) is 11.3 Å². The van der Waals surface area contributed by atoms with Crippen LogP contribution in [0.2, 0.25) is 0 Å².